The first-order valence-corrected chi connectivity index (χ1v) is 9.49. The Balaban J connectivity index is 1.51. The zero-order chi connectivity index (χ0) is 17.6. The fourth-order valence-corrected chi connectivity index (χ4v) is 3.77. The third-order valence-electron chi connectivity index (χ3n) is 5.00. The first kappa shape index (κ1) is 18.1. The molecule has 1 heterocycles. The predicted octanol–water partition coefficient (Wildman–Crippen LogP) is 3.16. The highest BCUT2D eigenvalue weighted by molar-refractivity contribution is 6.30. The van der Waals surface area contributed by atoms with Crippen LogP contribution in [-0.2, 0) is 9.59 Å². The van der Waals surface area contributed by atoms with Crippen LogP contribution in [0.25, 0.3) is 0 Å². The summed E-state index contributed by atoms with van der Waals surface area (Å²) >= 11 is 5.84. The lowest BCUT2D eigenvalue weighted by atomic mass is 9.95. The molecule has 5 nitrogen and oxygen atoms in total. The highest BCUT2D eigenvalue weighted by atomic mass is 35.5. The molecule has 3 rings (SSSR count). The molecule has 2 aliphatic rings. The number of hydrogen-bond acceptors (Lipinski definition) is 3. The standard InChI is InChI=1S/C19H25ClN2O3/c20-14-8-10-16(11-9-14)25-13-18(23)22-12-4-7-17(22)19(24)21-15-5-2-1-3-6-15/h8-11,15,17H,1-7,12-13H2,(H,21,24)/t17-/m1/s1. The van der Waals surface area contributed by atoms with E-state index in [1.54, 1.807) is 29.2 Å². The molecule has 0 spiro atoms. The fraction of sp³-hybridized carbons (Fsp3) is 0.579. The van der Waals surface area contributed by atoms with E-state index in [-0.39, 0.29) is 30.5 Å². The van der Waals surface area contributed by atoms with E-state index < -0.39 is 0 Å². The van der Waals surface area contributed by atoms with Gasteiger partial charge in [0.25, 0.3) is 5.91 Å². The molecule has 1 aromatic carbocycles. The van der Waals surface area contributed by atoms with Crippen LogP contribution in [0.15, 0.2) is 24.3 Å². The minimum atomic E-state index is -0.358. The van der Waals surface area contributed by atoms with E-state index in [0.717, 1.165) is 25.7 Å². The van der Waals surface area contributed by atoms with Crippen molar-refractivity contribution in [3.8, 4) is 5.75 Å². The van der Waals surface area contributed by atoms with Crippen molar-refractivity contribution < 1.29 is 14.3 Å². The molecule has 1 atom stereocenters. The molecular weight excluding hydrogens is 340 g/mol. The summed E-state index contributed by atoms with van der Waals surface area (Å²) in [7, 11) is 0. The van der Waals surface area contributed by atoms with E-state index in [4.69, 9.17) is 16.3 Å². The molecule has 25 heavy (non-hydrogen) atoms. The molecule has 136 valence electrons. The van der Waals surface area contributed by atoms with Crippen LogP contribution < -0.4 is 10.1 Å². The van der Waals surface area contributed by atoms with Crippen molar-refractivity contribution in [2.24, 2.45) is 0 Å². The Labute approximate surface area is 153 Å². The SMILES string of the molecule is O=C(NC1CCCCC1)[C@H]1CCCN1C(=O)COc1ccc(Cl)cc1. The second kappa shape index (κ2) is 8.56. The van der Waals surface area contributed by atoms with Gasteiger partial charge in [0.2, 0.25) is 5.91 Å². The summed E-state index contributed by atoms with van der Waals surface area (Å²) < 4.78 is 5.53. The normalized spacial score (nSPS) is 21.2. The number of nitrogens with zero attached hydrogens (tertiary/aromatic N) is 1. The van der Waals surface area contributed by atoms with Crippen LogP contribution in [0.2, 0.25) is 5.02 Å². The van der Waals surface area contributed by atoms with Crippen molar-refractivity contribution in [3.05, 3.63) is 29.3 Å². The second-order valence-electron chi connectivity index (χ2n) is 6.83. The maximum absolute atomic E-state index is 12.6. The molecule has 0 aromatic heterocycles. The van der Waals surface area contributed by atoms with Crippen molar-refractivity contribution in [3.63, 3.8) is 0 Å². The molecule has 1 saturated heterocycles. The van der Waals surface area contributed by atoms with Gasteiger partial charge in [-0.15, -0.1) is 0 Å². The van der Waals surface area contributed by atoms with Gasteiger partial charge in [-0.3, -0.25) is 9.59 Å². The average Bonchev–Trinajstić information content (AvgIpc) is 3.12. The first-order valence-electron chi connectivity index (χ1n) is 9.12. The van der Waals surface area contributed by atoms with E-state index in [2.05, 4.69) is 5.32 Å². The number of nitrogens with one attached hydrogen (secondary N) is 1. The van der Waals surface area contributed by atoms with Crippen molar-refractivity contribution >= 4 is 23.4 Å². The van der Waals surface area contributed by atoms with E-state index in [0.29, 0.717) is 17.3 Å². The van der Waals surface area contributed by atoms with Gasteiger partial charge in [0.15, 0.2) is 6.61 Å². The summed E-state index contributed by atoms with van der Waals surface area (Å²) in [5.41, 5.74) is 0. The van der Waals surface area contributed by atoms with Crippen molar-refractivity contribution in [1.29, 1.82) is 0 Å². The number of likely N-dealkylation sites (tertiary alicyclic amines) is 1. The third kappa shape index (κ3) is 4.88. The maximum atomic E-state index is 12.6. The maximum Gasteiger partial charge on any atom is 0.261 e. The lowest BCUT2D eigenvalue weighted by Gasteiger charge is -2.28. The molecule has 6 heteroatoms. The largest absolute Gasteiger partial charge is 0.484 e. The molecule has 1 aliphatic heterocycles. The summed E-state index contributed by atoms with van der Waals surface area (Å²) in [5.74, 6) is 0.445. The van der Waals surface area contributed by atoms with Gasteiger partial charge in [-0.2, -0.15) is 0 Å². The number of ether oxygens (including phenoxy) is 1. The highest BCUT2D eigenvalue weighted by Gasteiger charge is 2.35. The minimum Gasteiger partial charge on any atom is -0.484 e. The van der Waals surface area contributed by atoms with Gasteiger partial charge in [0.05, 0.1) is 0 Å². The monoisotopic (exact) mass is 364 g/mol. The Morgan fingerprint density at radius 3 is 2.52 bits per heavy atom. The molecule has 0 radical (unpaired) electrons. The Morgan fingerprint density at radius 1 is 1.08 bits per heavy atom. The smallest absolute Gasteiger partial charge is 0.261 e. The van der Waals surface area contributed by atoms with E-state index >= 15 is 0 Å². The topological polar surface area (TPSA) is 58.6 Å². The predicted molar refractivity (Wildman–Crippen MR) is 96.7 cm³/mol. The number of carbonyl (C=O) groups excluding carboxylic acids is 2. The molecule has 1 saturated carbocycles. The van der Waals surface area contributed by atoms with Crippen LogP contribution in [0.4, 0.5) is 0 Å². The van der Waals surface area contributed by atoms with Gasteiger partial charge in [-0.25, -0.2) is 0 Å². The second-order valence-corrected chi connectivity index (χ2v) is 7.27. The van der Waals surface area contributed by atoms with Gasteiger partial charge in [-0.05, 0) is 49.9 Å². The third-order valence-corrected chi connectivity index (χ3v) is 5.26. The Kier molecular flexibility index (Phi) is 6.19. The summed E-state index contributed by atoms with van der Waals surface area (Å²) in [4.78, 5) is 26.7. The summed E-state index contributed by atoms with van der Waals surface area (Å²) in [6.45, 7) is 0.556. The number of hydrogen-bond donors (Lipinski definition) is 1. The lowest BCUT2D eigenvalue weighted by molar-refractivity contribution is -0.140. The van der Waals surface area contributed by atoms with Crippen LogP contribution >= 0.6 is 11.6 Å². The molecule has 1 N–H and O–H groups in total. The first-order chi connectivity index (χ1) is 12.1. The van der Waals surface area contributed by atoms with Crippen molar-refractivity contribution in [2.45, 2.75) is 57.0 Å². The zero-order valence-electron chi connectivity index (χ0n) is 14.4. The quantitative estimate of drug-likeness (QED) is 0.873. The minimum absolute atomic E-state index is 0.00996. The molecule has 0 bridgehead atoms. The average molecular weight is 365 g/mol. The number of amides is 2. The number of rotatable bonds is 5. The van der Waals surface area contributed by atoms with E-state index in [1.165, 1.54) is 19.3 Å². The van der Waals surface area contributed by atoms with Crippen LogP contribution in [0.5, 0.6) is 5.75 Å². The molecule has 1 aromatic rings. The molecular formula is C19H25ClN2O3. The molecule has 2 fully saturated rings. The number of benzene rings is 1. The molecule has 1 aliphatic carbocycles. The lowest BCUT2D eigenvalue weighted by Crippen LogP contribution is -2.50. The number of halogens is 1. The van der Waals surface area contributed by atoms with Crippen molar-refractivity contribution in [2.75, 3.05) is 13.2 Å². The molecule has 2 amide bonds. The van der Waals surface area contributed by atoms with Crippen LogP contribution in [0.3, 0.4) is 0 Å². The van der Waals surface area contributed by atoms with Crippen LogP contribution in [0.1, 0.15) is 44.9 Å². The van der Waals surface area contributed by atoms with Gasteiger partial charge >= 0.3 is 0 Å². The van der Waals surface area contributed by atoms with E-state index in [9.17, 15) is 9.59 Å². The Hall–Kier alpha value is -1.75. The summed E-state index contributed by atoms with van der Waals surface area (Å²) in [6.07, 6.45) is 7.28. The summed E-state index contributed by atoms with van der Waals surface area (Å²) in [5, 5.41) is 3.76. The number of carbonyl (C=O) groups is 2. The van der Waals surface area contributed by atoms with Crippen LogP contribution in [-0.4, -0.2) is 41.9 Å². The van der Waals surface area contributed by atoms with Crippen LogP contribution in [0, 0.1) is 0 Å². The zero-order valence-corrected chi connectivity index (χ0v) is 15.1. The Morgan fingerprint density at radius 2 is 1.80 bits per heavy atom. The Bertz CT molecular complexity index is 599. The fourth-order valence-electron chi connectivity index (χ4n) is 3.64. The van der Waals surface area contributed by atoms with E-state index in [1.807, 2.05) is 0 Å². The van der Waals surface area contributed by atoms with Gasteiger partial charge in [0.1, 0.15) is 11.8 Å². The highest BCUT2D eigenvalue weighted by Crippen LogP contribution is 2.21. The van der Waals surface area contributed by atoms with Crippen molar-refractivity contribution in [1.82, 2.24) is 10.2 Å². The molecule has 0 unspecified atom stereocenters. The van der Waals surface area contributed by atoms with Gasteiger partial charge in [0, 0.05) is 17.6 Å². The summed E-state index contributed by atoms with van der Waals surface area (Å²) in [6, 6.07) is 6.81. The van der Waals surface area contributed by atoms with Gasteiger partial charge in [-0.1, -0.05) is 30.9 Å². The van der Waals surface area contributed by atoms with Gasteiger partial charge < -0.3 is 15.0 Å².